The number of rotatable bonds is 7. The quantitative estimate of drug-likeness (QED) is 0.671. The van der Waals surface area contributed by atoms with Crippen LogP contribution in [0.15, 0.2) is 29.4 Å². The summed E-state index contributed by atoms with van der Waals surface area (Å²) < 4.78 is 7.75. The smallest absolute Gasteiger partial charge is 0.233 e. The number of likely N-dealkylation sites (tertiary alicyclic amines) is 1. The predicted octanol–water partition coefficient (Wildman–Crippen LogP) is 3.64. The number of hydrogen-bond acceptors (Lipinski definition) is 5. The molecule has 1 aliphatic rings. The maximum absolute atomic E-state index is 12.3. The zero-order valence-electron chi connectivity index (χ0n) is 14.9. The van der Waals surface area contributed by atoms with Gasteiger partial charge in [-0.25, -0.2) is 0 Å². The van der Waals surface area contributed by atoms with Crippen molar-refractivity contribution in [1.82, 2.24) is 19.7 Å². The number of carbonyl (C=O) groups is 1. The Morgan fingerprint density at radius 1 is 1.19 bits per heavy atom. The lowest BCUT2D eigenvalue weighted by molar-refractivity contribution is -0.129. The molecule has 1 aromatic carbocycles. The fraction of sp³-hybridized carbons (Fsp3) is 0.500. The van der Waals surface area contributed by atoms with Crippen LogP contribution in [0.3, 0.4) is 0 Å². The Hall–Kier alpha value is -1.73. The highest BCUT2D eigenvalue weighted by atomic mass is 35.5. The van der Waals surface area contributed by atoms with Crippen molar-refractivity contribution in [3.63, 3.8) is 0 Å². The van der Waals surface area contributed by atoms with Crippen LogP contribution in [0.2, 0.25) is 5.02 Å². The van der Waals surface area contributed by atoms with Crippen LogP contribution < -0.4 is 4.74 Å². The minimum Gasteiger partial charge on any atom is -0.486 e. The zero-order chi connectivity index (χ0) is 18.4. The number of aromatic nitrogens is 3. The van der Waals surface area contributed by atoms with Gasteiger partial charge in [-0.05, 0) is 50.5 Å². The van der Waals surface area contributed by atoms with Crippen molar-refractivity contribution in [1.29, 1.82) is 0 Å². The molecule has 3 rings (SSSR count). The molecule has 6 nitrogen and oxygen atoms in total. The lowest BCUT2D eigenvalue weighted by Gasteiger charge is -2.26. The molecule has 1 saturated heterocycles. The van der Waals surface area contributed by atoms with E-state index in [4.69, 9.17) is 16.3 Å². The second-order valence-corrected chi connectivity index (χ2v) is 7.49. The summed E-state index contributed by atoms with van der Waals surface area (Å²) in [5.74, 6) is 2.06. The topological polar surface area (TPSA) is 60.2 Å². The van der Waals surface area contributed by atoms with Gasteiger partial charge in [0.2, 0.25) is 5.91 Å². The highest BCUT2D eigenvalue weighted by Gasteiger charge is 2.19. The van der Waals surface area contributed by atoms with E-state index in [9.17, 15) is 4.79 Å². The van der Waals surface area contributed by atoms with Crippen molar-refractivity contribution in [3.05, 3.63) is 35.1 Å². The fourth-order valence-corrected chi connectivity index (χ4v) is 3.94. The van der Waals surface area contributed by atoms with Gasteiger partial charge in [0, 0.05) is 24.7 Å². The number of piperidine rings is 1. The van der Waals surface area contributed by atoms with E-state index in [1.165, 1.54) is 18.2 Å². The van der Waals surface area contributed by atoms with Gasteiger partial charge in [-0.3, -0.25) is 4.79 Å². The average Bonchev–Trinajstić information content (AvgIpc) is 3.08. The minimum absolute atomic E-state index is 0.180. The third kappa shape index (κ3) is 4.92. The van der Waals surface area contributed by atoms with Gasteiger partial charge in [-0.15, -0.1) is 10.2 Å². The molecule has 2 aromatic rings. The first-order valence-electron chi connectivity index (χ1n) is 8.88. The standard InChI is InChI=1S/C18H23ClN4O2S/c1-2-23-16(12-25-15-8-6-14(19)7-9-15)20-21-18(23)26-13-17(24)22-10-4-3-5-11-22/h6-9H,2-5,10-13H2,1H3. The SMILES string of the molecule is CCn1c(COc2ccc(Cl)cc2)nnc1SCC(=O)N1CCCCC1. The Morgan fingerprint density at radius 3 is 2.62 bits per heavy atom. The van der Waals surface area contributed by atoms with Crippen LogP contribution in [0.1, 0.15) is 32.0 Å². The van der Waals surface area contributed by atoms with Gasteiger partial charge in [-0.1, -0.05) is 23.4 Å². The lowest BCUT2D eigenvalue weighted by atomic mass is 10.1. The molecule has 2 heterocycles. The van der Waals surface area contributed by atoms with Crippen LogP contribution in [0.4, 0.5) is 0 Å². The molecule has 0 N–H and O–H groups in total. The number of amides is 1. The first-order chi connectivity index (χ1) is 12.7. The van der Waals surface area contributed by atoms with Crippen LogP contribution in [0.25, 0.3) is 0 Å². The third-order valence-electron chi connectivity index (χ3n) is 4.32. The molecule has 0 atom stereocenters. The van der Waals surface area contributed by atoms with E-state index < -0.39 is 0 Å². The summed E-state index contributed by atoms with van der Waals surface area (Å²) in [5.41, 5.74) is 0. The van der Waals surface area contributed by atoms with Gasteiger partial charge in [0.15, 0.2) is 11.0 Å². The van der Waals surface area contributed by atoms with Gasteiger partial charge < -0.3 is 14.2 Å². The first-order valence-corrected chi connectivity index (χ1v) is 10.2. The summed E-state index contributed by atoms with van der Waals surface area (Å²) in [5, 5.41) is 9.89. The number of carbonyl (C=O) groups excluding carboxylic acids is 1. The molecule has 1 amide bonds. The van der Waals surface area contributed by atoms with Crippen molar-refractivity contribution < 1.29 is 9.53 Å². The Balaban J connectivity index is 1.56. The van der Waals surface area contributed by atoms with Crippen LogP contribution in [0, 0.1) is 0 Å². The van der Waals surface area contributed by atoms with Gasteiger partial charge in [-0.2, -0.15) is 0 Å². The Bertz CT molecular complexity index is 729. The Morgan fingerprint density at radius 2 is 1.92 bits per heavy atom. The summed E-state index contributed by atoms with van der Waals surface area (Å²) in [7, 11) is 0. The highest BCUT2D eigenvalue weighted by Crippen LogP contribution is 2.21. The first kappa shape index (κ1) is 19.0. The van der Waals surface area contributed by atoms with Gasteiger partial charge in [0.05, 0.1) is 5.75 Å². The molecule has 0 radical (unpaired) electrons. The van der Waals surface area contributed by atoms with E-state index in [0.717, 1.165) is 49.2 Å². The number of thioether (sulfide) groups is 1. The molecule has 1 aromatic heterocycles. The monoisotopic (exact) mass is 394 g/mol. The Kier molecular flexibility index (Phi) is 6.80. The summed E-state index contributed by atoms with van der Waals surface area (Å²) in [6.07, 6.45) is 3.43. The molecule has 1 aliphatic heterocycles. The van der Waals surface area contributed by atoms with Crippen molar-refractivity contribution >= 4 is 29.3 Å². The van der Waals surface area contributed by atoms with Gasteiger partial charge >= 0.3 is 0 Å². The third-order valence-corrected chi connectivity index (χ3v) is 5.53. The van der Waals surface area contributed by atoms with Crippen molar-refractivity contribution in [3.8, 4) is 5.75 Å². The zero-order valence-corrected chi connectivity index (χ0v) is 16.4. The second-order valence-electron chi connectivity index (χ2n) is 6.12. The van der Waals surface area contributed by atoms with Crippen molar-refractivity contribution in [2.75, 3.05) is 18.8 Å². The molecule has 140 valence electrons. The summed E-state index contributed by atoms with van der Waals surface area (Å²) in [6, 6.07) is 7.22. The van der Waals surface area contributed by atoms with Crippen molar-refractivity contribution in [2.45, 2.75) is 44.5 Å². The number of ether oxygens (including phenoxy) is 1. The Labute approximate surface area is 162 Å². The predicted molar refractivity (Wildman–Crippen MR) is 103 cm³/mol. The van der Waals surface area contributed by atoms with Crippen LogP contribution in [0.5, 0.6) is 5.75 Å². The number of benzene rings is 1. The molecule has 0 spiro atoms. The van der Waals surface area contributed by atoms with E-state index in [0.29, 0.717) is 17.4 Å². The molecule has 8 heteroatoms. The molecule has 0 saturated carbocycles. The van der Waals surface area contributed by atoms with E-state index in [1.54, 1.807) is 12.1 Å². The average molecular weight is 395 g/mol. The lowest BCUT2D eigenvalue weighted by Crippen LogP contribution is -2.36. The maximum Gasteiger partial charge on any atom is 0.233 e. The van der Waals surface area contributed by atoms with E-state index in [2.05, 4.69) is 10.2 Å². The van der Waals surface area contributed by atoms with Crippen molar-refractivity contribution in [2.24, 2.45) is 0 Å². The molecule has 0 aliphatic carbocycles. The van der Waals surface area contributed by atoms with E-state index in [-0.39, 0.29) is 5.91 Å². The fourth-order valence-electron chi connectivity index (χ4n) is 2.89. The molecular weight excluding hydrogens is 372 g/mol. The van der Waals surface area contributed by atoms with E-state index >= 15 is 0 Å². The number of hydrogen-bond donors (Lipinski definition) is 0. The van der Waals surface area contributed by atoms with Crippen LogP contribution in [-0.2, 0) is 17.9 Å². The summed E-state index contributed by atoms with van der Waals surface area (Å²) in [6.45, 7) is 4.83. The molecule has 26 heavy (non-hydrogen) atoms. The largest absolute Gasteiger partial charge is 0.486 e. The number of nitrogens with zero attached hydrogens (tertiary/aromatic N) is 4. The molecule has 1 fully saturated rings. The maximum atomic E-state index is 12.3. The van der Waals surface area contributed by atoms with Gasteiger partial charge in [0.1, 0.15) is 12.4 Å². The van der Waals surface area contributed by atoms with Crippen LogP contribution >= 0.6 is 23.4 Å². The molecular formula is C18H23ClN4O2S. The minimum atomic E-state index is 0.180. The molecule has 0 unspecified atom stereocenters. The number of halogens is 1. The normalized spacial score (nSPS) is 14.5. The summed E-state index contributed by atoms with van der Waals surface area (Å²) >= 11 is 7.32. The second kappa shape index (κ2) is 9.28. The summed E-state index contributed by atoms with van der Waals surface area (Å²) in [4.78, 5) is 14.3. The highest BCUT2D eigenvalue weighted by molar-refractivity contribution is 7.99. The van der Waals surface area contributed by atoms with Crippen LogP contribution in [-0.4, -0.2) is 44.4 Å². The molecule has 0 bridgehead atoms. The van der Waals surface area contributed by atoms with E-state index in [1.807, 2.05) is 28.5 Å². The van der Waals surface area contributed by atoms with Gasteiger partial charge in [0.25, 0.3) is 0 Å².